The number of hydrogen-bond acceptors (Lipinski definition) is 4. The van der Waals surface area contributed by atoms with Crippen LogP contribution >= 0.6 is 0 Å². The molecule has 1 aliphatic heterocycles. The van der Waals surface area contributed by atoms with Gasteiger partial charge >= 0.3 is 0 Å². The zero-order chi connectivity index (χ0) is 17.6. The second kappa shape index (κ2) is 7.94. The number of nitro groups is 1. The molecule has 2 aromatic carbocycles. The first-order chi connectivity index (χ1) is 12.1. The largest absolute Gasteiger partial charge is 0.369 e. The lowest BCUT2D eigenvalue weighted by molar-refractivity contribution is -0.385. The van der Waals surface area contributed by atoms with Gasteiger partial charge in [-0.05, 0) is 25.1 Å². The quantitative estimate of drug-likeness (QED) is 0.616. The molecule has 0 spiro atoms. The first-order valence-corrected chi connectivity index (χ1v) is 8.57. The van der Waals surface area contributed by atoms with E-state index < -0.39 is 0 Å². The van der Waals surface area contributed by atoms with Gasteiger partial charge in [-0.15, -0.1) is 0 Å². The molecule has 0 amide bonds. The van der Waals surface area contributed by atoms with Crippen LogP contribution in [0.2, 0.25) is 0 Å². The van der Waals surface area contributed by atoms with E-state index in [1.54, 1.807) is 18.2 Å². The van der Waals surface area contributed by atoms with E-state index in [9.17, 15) is 10.1 Å². The summed E-state index contributed by atoms with van der Waals surface area (Å²) in [5.74, 6) is 0. The third-order valence-corrected chi connectivity index (χ3v) is 4.57. The van der Waals surface area contributed by atoms with Crippen molar-refractivity contribution in [3.8, 4) is 0 Å². The SMILES string of the molecule is Cc1ccc(N2CCN(CC=Cc3ccccc3[N+](=O)[O-])CC2)cc1. The van der Waals surface area contributed by atoms with Gasteiger partial charge in [0.2, 0.25) is 0 Å². The topological polar surface area (TPSA) is 49.6 Å². The summed E-state index contributed by atoms with van der Waals surface area (Å²) in [6.07, 6.45) is 3.87. The lowest BCUT2D eigenvalue weighted by atomic mass is 10.1. The van der Waals surface area contributed by atoms with Crippen LogP contribution in [0.5, 0.6) is 0 Å². The minimum absolute atomic E-state index is 0.156. The summed E-state index contributed by atoms with van der Waals surface area (Å²) in [4.78, 5) is 15.5. The molecule has 1 fully saturated rings. The van der Waals surface area contributed by atoms with Crippen LogP contribution in [0, 0.1) is 17.0 Å². The third-order valence-electron chi connectivity index (χ3n) is 4.57. The molecule has 25 heavy (non-hydrogen) atoms. The fraction of sp³-hybridized carbons (Fsp3) is 0.300. The molecule has 0 atom stereocenters. The summed E-state index contributed by atoms with van der Waals surface area (Å²) in [6, 6.07) is 15.5. The number of nitro benzene ring substituents is 1. The molecule has 0 radical (unpaired) electrons. The molecule has 1 saturated heterocycles. The summed E-state index contributed by atoms with van der Waals surface area (Å²) < 4.78 is 0. The van der Waals surface area contributed by atoms with Gasteiger partial charge in [0.1, 0.15) is 0 Å². The van der Waals surface area contributed by atoms with Gasteiger partial charge in [0, 0.05) is 44.5 Å². The Morgan fingerprint density at radius 2 is 1.72 bits per heavy atom. The molecule has 5 nitrogen and oxygen atoms in total. The number of benzene rings is 2. The van der Waals surface area contributed by atoms with Gasteiger partial charge in [-0.3, -0.25) is 15.0 Å². The van der Waals surface area contributed by atoms with E-state index in [1.165, 1.54) is 11.3 Å². The Morgan fingerprint density at radius 1 is 1.04 bits per heavy atom. The van der Waals surface area contributed by atoms with Gasteiger partial charge < -0.3 is 4.90 Å². The van der Waals surface area contributed by atoms with Gasteiger partial charge in [-0.25, -0.2) is 0 Å². The molecular weight excluding hydrogens is 314 g/mol. The van der Waals surface area contributed by atoms with E-state index in [4.69, 9.17) is 0 Å². The second-order valence-electron chi connectivity index (χ2n) is 6.34. The average Bonchev–Trinajstić information content (AvgIpc) is 2.63. The molecule has 3 rings (SSSR count). The van der Waals surface area contributed by atoms with Crippen LogP contribution in [-0.4, -0.2) is 42.5 Å². The van der Waals surface area contributed by atoms with E-state index in [1.807, 2.05) is 18.2 Å². The Bertz CT molecular complexity index is 748. The van der Waals surface area contributed by atoms with Crippen molar-refractivity contribution >= 4 is 17.5 Å². The number of rotatable bonds is 5. The van der Waals surface area contributed by atoms with Crippen molar-refractivity contribution in [2.24, 2.45) is 0 Å². The first kappa shape index (κ1) is 17.2. The number of anilines is 1. The maximum atomic E-state index is 11.0. The van der Waals surface area contributed by atoms with Gasteiger partial charge in [-0.1, -0.05) is 42.0 Å². The Morgan fingerprint density at radius 3 is 2.40 bits per heavy atom. The smallest absolute Gasteiger partial charge is 0.276 e. The zero-order valence-electron chi connectivity index (χ0n) is 14.5. The van der Waals surface area contributed by atoms with E-state index in [2.05, 4.69) is 41.0 Å². The highest BCUT2D eigenvalue weighted by Crippen LogP contribution is 2.19. The summed E-state index contributed by atoms with van der Waals surface area (Å²) >= 11 is 0. The lowest BCUT2D eigenvalue weighted by Gasteiger charge is -2.35. The molecule has 0 saturated carbocycles. The Kier molecular flexibility index (Phi) is 5.46. The number of hydrogen-bond donors (Lipinski definition) is 0. The molecule has 0 bridgehead atoms. The van der Waals surface area contributed by atoms with Crippen LogP contribution in [0.3, 0.4) is 0 Å². The van der Waals surface area contributed by atoms with Crippen LogP contribution in [0.25, 0.3) is 6.08 Å². The summed E-state index contributed by atoms with van der Waals surface area (Å²) in [6.45, 7) is 6.91. The molecule has 130 valence electrons. The number of piperazine rings is 1. The molecule has 2 aromatic rings. The van der Waals surface area contributed by atoms with Crippen LogP contribution in [0.4, 0.5) is 11.4 Å². The van der Waals surface area contributed by atoms with E-state index >= 15 is 0 Å². The number of para-hydroxylation sites is 1. The van der Waals surface area contributed by atoms with Crippen molar-refractivity contribution in [2.45, 2.75) is 6.92 Å². The van der Waals surface area contributed by atoms with E-state index in [-0.39, 0.29) is 10.6 Å². The number of nitrogens with zero attached hydrogens (tertiary/aromatic N) is 3. The van der Waals surface area contributed by atoms with Crippen LogP contribution in [0.1, 0.15) is 11.1 Å². The van der Waals surface area contributed by atoms with Gasteiger partial charge in [0.05, 0.1) is 10.5 Å². The minimum atomic E-state index is -0.333. The summed E-state index contributed by atoms with van der Waals surface area (Å²) in [5, 5.41) is 11.0. The third kappa shape index (κ3) is 4.45. The zero-order valence-corrected chi connectivity index (χ0v) is 14.5. The highest BCUT2D eigenvalue weighted by molar-refractivity contribution is 5.60. The Hall–Kier alpha value is -2.66. The summed E-state index contributed by atoms with van der Waals surface area (Å²) in [5.41, 5.74) is 3.37. The molecule has 0 aromatic heterocycles. The monoisotopic (exact) mass is 337 g/mol. The van der Waals surface area contributed by atoms with E-state index in [0.717, 1.165) is 32.7 Å². The fourth-order valence-electron chi connectivity index (χ4n) is 3.07. The minimum Gasteiger partial charge on any atom is -0.369 e. The maximum absolute atomic E-state index is 11.0. The molecular formula is C20H23N3O2. The standard InChI is InChI=1S/C20H23N3O2/c1-17-8-10-19(11-9-17)22-15-13-21(14-16-22)12-4-6-18-5-2-3-7-20(18)23(24)25/h2-11H,12-16H2,1H3. The van der Waals surface area contributed by atoms with Crippen molar-refractivity contribution in [3.05, 3.63) is 75.8 Å². The lowest BCUT2D eigenvalue weighted by Crippen LogP contribution is -2.46. The summed E-state index contributed by atoms with van der Waals surface area (Å²) in [7, 11) is 0. The normalized spacial score (nSPS) is 15.6. The molecule has 0 aliphatic carbocycles. The molecule has 1 heterocycles. The highest BCUT2D eigenvalue weighted by Gasteiger charge is 2.16. The predicted molar refractivity (Wildman–Crippen MR) is 102 cm³/mol. The van der Waals surface area contributed by atoms with Crippen molar-refractivity contribution < 1.29 is 4.92 Å². The van der Waals surface area contributed by atoms with Crippen LogP contribution < -0.4 is 4.90 Å². The van der Waals surface area contributed by atoms with Crippen molar-refractivity contribution in [1.29, 1.82) is 0 Å². The van der Waals surface area contributed by atoms with Crippen LogP contribution in [-0.2, 0) is 0 Å². The Balaban J connectivity index is 1.53. The van der Waals surface area contributed by atoms with Crippen LogP contribution in [0.15, 0.2) is 54.6 Å². The maximum Gasteiger partial charge on any atom is 0.276 e. The van der Waals surface area contributed by atoms with Gasteiger partial charge in [-0.2, -0.15) is 0 Å². The molecule has 0 N–H and O–H groups in total. The van der Waals surface area contributed by atoms with Crippen molar-refractivity contribution in [1.82, 2.24) is 4.90 Å². The molecule has 5 heteroatoms. The molecule has 0 unspecified atom stereocenters. The van der Waals surface area contributed by atoms with Gasteiger partial charge in [0.25, 0.3) is 5.69 Å². The average molecular weight is 337 g/mol. The molecule has 1 aliphatic rings. The fourth-order valence-corrected chi connectivity index (χ4v) is 3.07. The number of aryl methyl sites for hydroxylation is 1. The highest BCUT2D eigenvalue weighted by atomic mass is 16.6. The van der Waals surface area contributed by atoms with E-state index in [0.29, 0.717) is 5.56 Å². The Labute approximate surface area is 148 Å². The van der Waals surface area contributed by atoms with Gasteiger partial charge in [0.15, 0.2) is 0 Å². The second-order valence-corrected chi connectivity index (χ2v) is 6.34. The van der Waals surface area contributed by atoms with Crippen molar-refractivity contribution in [3.63, 3.8) is 0 Å². The predicted octanol–water partition coefficient (Wildman–Crippen LogP) is 3.74. The van der Waals surface area contributed by atoms with Crippen molar-refractivity contribution in [2.75, 3.05) is 37.6 Å². The first-order valence-electron chi connectivity index (χ1n) is 8.57.